The van der Waals surface area contributed by atoms with E-state index in [-0.39, 0.29) is 0 Å². The number of thiophene rings is 1. The highest BCUT2D eigenvalue weighted by atomic mass is 32.1. The van der Waals surface area contributed by atoms with Crippen LogP contribution >= 0.6 is 22.9 Å². The average molecular weight is 354 g/mol. The Balaban J connectivity index is 1.85. The molecule has 0 saturated heterocycles. The number of aromatic nitrogens is 2. The van der Waals surface area contributed by atoms with Crippen molar-refractivity contribution in [3.63, 3.8) is 0 Å². The number of aryl methyl sites for hydroxylation is 1. The predicted octanol–water partition coefficient (Wildman–Crippen LogP) is 3.13. The monoisotopic (exact) mass is 354 g/mol. The Morgan fingerprint density at radius 1 is 1.33 bits per heavy atom. The van der Waals surface area contributed by atoms with Gasteiger partial charge in [-0.3, -0.25) is 9.78 Å². The first kappa shape index (κ1) is 14.8. The highest BCUT2D eigenvalue weighted by molar-refractivity contribution is 7.17. The number of rotatable bonds is 3. The Hall–Kier alpha value is -2.76. The number of hydrogen-bond acceptors (Lipinski definition) is 7. The zero-order valence-electron chi connectivity index (χ0n) is 12.3. The second-order valence-electron chi connectivity index (χ2n) is 5.24. The third kappa shape index (κ3) is 2.35. The molecule has 24 heavy (non-hydrogen) atoms. The summed E-state index contributed by atoms with van der Waals surface area (Å²) in [6, 6.07) is 3.64. The molecule has 6 nitrogen and oxygen atoms in total. The van der Waals surface area contributed by atoms with Gasteiger partial charge in [0.05, 0.1) is 27.1 Å². The molecule has 0 saturated carbocycles. The molecule has 0 spiro atoms. The van der Waals surface area contributed by atoms with Gasteiger partial charge in [0.25, 0.3) is 5.91 Å². The SMILES string of the molecule is N#Cc1cncc(Oc2sc(C(N)=O)c3c2-c2sncc2CC3)c1. The lowest BCUT2D eigenvalue weighted by atomic mass is 9.93. The highest BCUT2D eigenvalue weighted by Crippen LogP contribution is 2.49. The van der Waals surface area contributed by atoms with E-state index >= 15 is 0 Å². The van der Waals surface area contributed by atoms with Crippen molar-refractivity contribution in [2.45, 2.75) is 12.8 Å². The van der Waals surface area contributed by atoms with Gasteiger partial charge in [0.2, 0.25) is 0 Å². The number of amides is 1. The minimum atomic E-state index is -0.456. The molecule has 1 amide bonds. The Kier molecular flexibility index (Phi) is 3.52. The van der Waals surface area contributed by atoms with E-state index in [1.807, 2.05) is 12.3 Å². The Morgan fingerprint density at radius 2 is 2.21 bits per heavy atom. The van der Waals surface area contributed by atoms with Gasteiger partial charge >= 0.3 is 0 Å². The highest BCUT2D eigenvalue weighted by Gasteiger charge is 2.30. The molecule has 3 aromatic heterocycles. The van der Waals surface area contributed by atoms with Gasteiger partial charge in [0, 0.05) is 18.5 Å². The molecule has 1 aliphatic rings. The van der Waals surface area contributed by atoms with Gasteiger partial charge in [-0.2, -0.15) is 5.26 Å². The third-order valence-corrected chi connectivity index (χ3v) is 5.75. The molecule has 0 aliphatic heterocycles. The van der Waals surface area contributed by atoms with Crippen LogP contribution in [0.4, 0.5) is 0 Å². The van der Waals surface area contributed by atoms with Crippen LogP contribution in [0.1, 0.15) is 26.4 Å². The van der Waals surface area contributed by atoms with Gasteiger partial charge in [0.1, 0.15) is 11.8 Å². The maximum atomic E-state index is 11.8. The van der Waals surface area contributed by atoms with E-state index < -0.39 is 5.91 Å². The van der Waals surface area contributed by atoms with Crippen molar-refractivity contribution < 1.29 is 9.53 Å². The number of nitriles is 1. The van der Waals surface area contributed by atoms with E-state index in [1.54, 1.807) is 6.07 Å². The molecule has 3 aromatic rings. The summed E-state index contributed by atoms with van der Waals surface area (Å²) in [5, 5.41) is 9.57. The Bertz CT molecular complexity index is 1000. The van der Waals surface area contributed by atoms with Gasteiger partial charge in [-0.15, -0.1) is 0 Å². The molecule has 0 aromatic carbocycles. The third-order valence-electron chi connectivity index (χ3n) is 3.77. The maximum absolute atomic E-state index is 11.8. The lowest BCUT2D eigenvalue weighted by molar-refractivity contribution is 0.100. The van der Waals surface area contributed by atoms with Crippen molar-refractivity contribution in [2.75, 3.05) is 0 Å². The molecule has 2 N–H and O–H groups in total. The summed E-state index contributed by atoms with van der Waals surface area (Å²) in [5.41, 5.74) is 8.90. The summed E-state index contributed by atoms with van der Waals surface area (Å²) in [6.45, 7) is 0. The smallest absolute Gasteiger partial charge is 0.259 e. The fourth-order valence-electron chi connectivity index (χ4n) is 2.73. The standard InChI is InChI=1S/C16H10N4O2S2/c17-4-8-3-10(7-19-5-8)22-16-12-11(14(23-16)15(18)21)2-1-9-6-20-24-13(9)12/h3,5-7H,1-2H2,(H2,18,21). The lowest BCUT2D eigenvalue weighted by Crippen LogP contribution is -2.12. The summed E-state index contributed by atoms with van der Waals surface area (Å²) >= 11 is 2.61. The van der Waals surface area contributed by atoms with Crippen LogP contribution < -0.4 is 10.5 Å². The zero-order valence-corrected chi connectivity index (χ0v) is 13.9. The molecule has 8 heteroatoms. The molecule has 3 heterocycles. The number of pyridine rings is 1. The van der Waals surface area contributed by atoms with Crippen LogP contribution in [0.25, 0.3) is 10.4 Å². The second-order valence-corrected chi connectivity index (χ2v) is 7.02. The topological polar surface area (TPSA) is 102 Å². The van der Waals surface area contributed by atoms with Crippen molar-refractivity contribution in [1.82, 2.24) is 9.36 Å². The van der Waals surface area contributed by atoms with Gasteiger partial charge < -0.3 is 10.5 Å². The molecule has 0 fully saturated rings. The number of nitrogens with two attached hydrogens (primary N) is 1. The fraction of sp³-hybridized carbons (Fsp3) is 0.125. The summed E-state index contributed by atoms with van der Waals surface area (Å²) in [5.74, 6) is -0.00581. The van der Waals surface area contributed by atoms with Crippen LogP contribution in [0.3, 0.4) is 0 Å². The number of carbonyl (C=O) groups excluding carboxylic acids is 1. The molecule has 0 unspecified atom stereocenters. The number of fused-ring (bicyclic) bond motifs is 3. The van der Waals surface area contributed by atoms with Crippen LogP contribution in [-0.2, 0) is 12.8 Å². The first-order chi connectivity index (χ1) is 11.7. The van der Waals surface area contributed by atoms with Crippen LogP contribution in [0.15, 0.2) is 24.7 Å². The molecule has 4 rings (SSSR count). The molecule has 0 atom stereocenters. The lowest BCUT2D eigenvalue weighted by Gasteiger charge is -2.13. The summed E-state index contributed by atoms with van der Waals surface area (Å²) in [6.07, 6.45) is 6.42. The number of ether oxygens (including phenoxy) is 1. The van der Waals surface area contributed by atoms with Gasteiger partial charge in [-0.1, -0.05) is 11.3 Å². The Labute approximate surface area is 145 Å². The molecule has 0 radical (unpaired) electrons. The first-order valence-electron chi connectivity index (χ1n) is 7.09. The first-order valence-corrected chi connectivity index (χ1v) is 8.68. The van der Waals surface area contributed by atoms with E-state index in [4.69, 9.17) is 15.7 Å². The van der Waals surface area contributed by atoms with Gasteiger partial charge in [-0.25, -0.2) is 4.37 Å². The van der Waals surface area contributed by atoms with E-state index in [9.17, 15) is 4.79 Å². The zero-order chi connectivity index (χ0) is 16.7. The summed E-state index contributed by atoms with van der Waals surface area (Å²) in [4.78, 5) is 17.3. The van der Waals surface area contributed by atoms with Gasteiger partial charge in [0.15, 0.2) is 5.06 Å². The summed E-state index contributed by atoms with van der Waals surface area (Å²) in [7, 11) is 0. The molecule has 1 aliphatic carbocycles. The van der Waals surface area contributed by atoms with Crippen LogP contribution in [0.5, 0.6) is 10.8 Å². The largest absolute Gasteiger partial charge is 0.444 e. The molecular weight excluding hydrogens is 344 g/mol. The van der Waals surface area contributed by atoms with Crippen molar-refractivity contribution in [3.05, 3.63) is 46.2 Å². The average Bonchev–Trinajstić information content (AvgIpc) is 3.19. The van der Waals surface area contributed by atoms with E-state index in [0.717, 1.165) is 34.4 Å². The van der Waals surface area contributed by atoms with Crippen molar-refractivity contribution in [1.29, 1.82) is 5.26 Å². The predicted molar refractivity (Wildman–Crippen MR) is 90.4 cm³/mol. The van der Waals surface area contributed by atoms with Crippen molar-refractivity contribution in [2.24, 2.45) is 5.73 Å². The van der Waals surface area contributed by atoms with Crippen LogP contribution in [-0.4, -0.2) is 15.3 Å². The molecule has 0 bridgehead atoms. The fourth-order valence-corrected chi connectivity index (χ4v) is 4.74. The van der Waals surface area contributed by atoms with E-state index in [2.05, 4.69) is 9.36 Å². The number of carbonyl (C=O) groups is 1. The van der Waals surface area contributed by atoms with Crippen molar-refractivity contribution in [3.8, 4) is 27.3 Å². The minimum Gasteiger partial charge on any atom is -0.444 e. The van der Waals surface area contributed by atoms with E-state index in [1.165, 1.54) is 35.3 Å². The number of hydrogen-bond donors (Lipinski definition) is 1. The van der Waals surface area contributed by atoms with Gasteiger partial charge in [-0.05, 0) is 35.5 Å². The van der Waals surface area contributed by atoms with Crippen LogP contribution in [0.2, 0.25) is 0 Å². The quantitative estimate of drug-likeness (QED) is 0.778. The van der Waals surface area contributed by atoms with Crippen LogP contribution in [0, 0.1) is 11.3 Å². The summed E-state index contributed by atoms with van der Waals surface area (Å²) < 4.78 is 10.2. The molecular formula is C16H10N4O2S2. The second kappa shape index (κ2) is 5.70. The maximum Gasteiger partial charge on any atom is 0.259 e. The Morgan fingerprint density at radius 3 is 3.00 bits per heavy atom. The number of primary amides is 1. The normalized spacial score (nSPS) is 12.1. The molecule has 118 valence electrons. The van der Waals surface area contributed by atoms with Crippen molar-refractivity contribution >= 4 is 28.8 Å². The number of nitrogens with zero attached hydrogens (tertiary/aromatic N) is 3. The van der Waals surface area contributed by atoms with E-state index in [0.29, 0.717) is 21.3 Å². The minimum absolute atomic E-state index is 0.409.